The first-order chi connectivity index (χ1) is 6.36. The van der Waals surface area contributed by atoms with Crippen molar-refractivity contribution in [2.75, 3.05) is 0 Å². The zero-order chi connectivity index (χ0) is 9.10. The molecule has 0 atom stereocenters. The minimum atomic E-state index is 1.16. The van der Waals surface area contributed by atoms with Crippen LogP contribution in [0.3, 0.4) is 0 Å². The Balaban J connectivity index is 2.42. The van der Waals surface area contributed by atoms with Crippen molar-refractivity contribution in [1.82, 2.24) is 0 Å². The van der Waals surface area contributed by atoms with E-state index in [2.05, 4.69) is 37.3 Å². The normalized spacial score (nSPS) is 9.92. The molecule has 0 bridgehead atoms. The molecule has 2 aromatic carbocycles. The van der Waals surface area contributed by atoms with E-state index >= 15 is 0 Å². The van der Waals surface area contributed by atoms with Crippen molar-refractivity contribution >= 4 is 0 Å². The zero-order valence-electron chi connectivity index (χ0n) is 7.62. The first-order valence-corrected chi connectivity index (χ1v) is 4.40. The van der Waals surface area contributed by atoms with E-state index in [1.807, 2.05) is 24.3 Å². The summed E-state index contributed by atoms with van der Waals surface area (Å²) in [4.78, 5) is 0. The van der Waals surface area contributed by atoms with Crippen LogP contribution in [0.5, 0.6) is 0 Å². The molecule has 63 valence electrons. The van der Waals surface area contributed by atoms with E-state index < -0.39 is 0 Å². The maximum Gasteiger partial charge on any atom is -0.00964 e. The van der Waals surface area contributed by atoms with Crippen molar-refractivity contribution in [3.63, 3.8) is 0 Å². The van der Waals surface area contributed by atoms with Crippen LogP contribution < -0.4 is 0 Å². The fourth-order valence-corrected chi connectivity index (χ4v) is 1.30. The highest BCUT2D eigenvalue weighted by Gasteiger charge is 1.94. The smallest absolute Gasteiger partial charge is 0.00964 e. The van der Waals surface area contributed by atoms with Gasteiger partial charge in [-0.05, 0) is 24.1 Å². The second-order valence-corrected chi connectivity index (χ2v) is 3.15. The van der Waals surface area contributed by atoms with E-state index in [4.69, 9.17) is 0 Å². The van der Waals surface area contributed by atoms with Gasteiger partial charge in [-0.1, -0.05) is 54.1 Å². The molecule has 0 aliphatic rings. The quantitative estimate of drug-likeness (QED) is 0.610. The Labute approximate surface area is 78.9 Å². The lowest BCUT2D eigenvalue weighted by atomic mass is 10.0. The van der Waals surface area contributed by atoms with Crippen LogP contribution in [0.15, 0.2) is 48.5 Å². The fourth-order valence-electron chi connectivity index (χ4n) is 1.30. The van der Waals surface area contributed by atoms with Crippen LogP contribution >= 0.6 is 0 Å². The van der Waals surface area contributed by atoms with Gasteiger partial charge >= 0.3 is 0 Å². The van der Waals surface area contributed by atoms with Crippen LogP contribution in [0.4, 0.5) is 0 Å². The number of aryl methyl sites for hydroxylation is 1. The summed E-state index contributed by atoms with van der Waals surface area (Å²) < 4.78 is 0. The van der Waals surface area contributed by atoms with Crippen molar-refractivity contribution in [3.05, 3.63) is 60.2 Å². The molecule has 13 heavy (non-hydrogen) atoms. The molecular formula is C13H11. The summed E-state index contributed by atoms with van der Waals surface area (Å²) in [5.74, 6) is 0. The average molecular weight is 167 g/mol. The average Bonchev–Trinajstić information content (AvgIpc) is 2.20. The molecule has 0 saturated carbocycles. The molecule has 0 heteroatoms. The summed E-state index contributed by atoms with van der Waals surface area (Å²) in [5.41, 5.74) is 3.63. The van der Waals surface area contributed by atoms with Gasteiger partial charge in [0.25, 0.3) is 0 Å². The predicted octanol–water partition coefficient (Wildman–Crippen LogP) is 3.46. The second kappa shape index (κ2) is 3.44. The third kappa shape index (κ3) is 1.78. The monoisotopic (exact) mass is 167 g/mol. The maximum atomic E-state index is 3.25. The Morgan fingerprint density at radius 3 is 2.31 bits per heavy atom. The molecule has 0 unspecified atom stereocenters. The van der Waals surface area contributed by atoms with Gasteiger partial charge in [0, 0.05) is 0 Å². The molecule has 0 amide bonds. The highest BCUT2D eigenvalue weighted by molar-refractivity contribution is 5.62. The third-order valence-electron chi connectivity index (χ3n) is 2.05. The Bertz CT molecular complexity index is 371. The van der Waals surface area contributed by atoms with E-state index in [-0.39, 0.29) is 0 Å². The minimum Gasteiger partial charge on any atom is -0.0622 e. The fraction of sp³-hybridized carbons (Fsp3) is 0.0769. The van der Waals surface area contributed by atoms with Gasteiger partial charge in [-0.25, -0.2) is 0 Å². The molecule has 0 aromatic heterocycles. The molecule has 0 fully saturated rings. The van der Waals surface area contributed by atoms with E-state index in [9.17, 15) is 0 Å². The van der Waals surface area contributed by atoms with Crippen molar-refractivity contribution < 1.29 is 0 Å². The van der Waals surface area contributed by atoms with Crippen molar-refractivity contribution in [2.24, 2.45) is 0 Å². The Morgan fingerprint density at radius 2 is 1.69 bits per heavy atom. The van der Waals surface area contributed by atoms with Gasteiger partial charge in [0.2, 0.25) is 0 Å². The largest absolute Gasteiger partial charge is 0.0622 e. The first-order valence-electron chi connectivity index (χ1n) is 4.40. The molecular weight excluding hydrogens is 156 g/mol. The maximum absolute atomic E-state index is 3.25. The number of hydrogen-bond donors (Lipinski definition) is 0. The summed E-state index contributed by atoms with van der Waals surface area (Å²) in [6.07, 6.45) is 0. The molecule has 0 saturated heterocycles. The second-order valence-electron chi connectivity index (χ2n) is 3.15. The van der Waals surface area contributed by atoms with Gasteiger partial charge in [-0.2, -0.15) is 0 Å². The highest BCUT2D eigenvalue weighted by Crippen LogP contribution is 2.17. The van der Waals surface area contributed by atoms with E-state index in [0.717, 1.165) is 5.56 Å². The molecule has 0 aliphatic heterocycles. The van der Waals surface area contributed by atoms with Crippen molar-refractivity contribution in [1.29, 1.82) is 0 Å². The van der Waals surface area contributed by atoms with E-state index in [1.54, 1.807) is 0 Å². The summed E-state index contributed by atoms with van der Waals surface area (Å²) >= 11 is 0. The van der Waals surface area contributed by atoms with Crippen LogP contribution in [0.25, 0.3) is 11.1 Å². The van der Waals surface area contributed by atoms with Crippen molar-refractivity contribution in [3.8, 4) is 11.1 Å². The lowest BCUT2D eigenvalue weighted by Crippen LogP contribution is -1.77. The summed E-state index contributed by atoms with van der Waals surface area (Å²) in [6.45, 7) is 2.07. The molecule has 1 radical (unpaired) electrons. The first kappa shape index (κ1) is 8.06. The Hall–Kier alpha value is -1.56. The minimum absolute atomic E-state index is 1.16. The van der Waals surface area contributed by atoms with Crippen LogP contribution in [-0.2, 0) is 0 Å². The predicted molar refractivity (Wildman–Crippen MR) is 55.5 cm³/mol. The van der Waals surface area contributed by atoms with Crippen molar-refractivity contribution in [2.45, 2.75) is 6.92 Å². The topological polar surface area (TPSA) is 0 Å². The van der Waals surface area contributed by atoms with E-state index in [1.165, 1.54) is 11.1 Å². The summed E-state index contributed by atoms with van der Waals surface area (Å²) in [6, 6.07) is 19.8. The number of rotatable bonds is 1. The molecule has 0 aliphatic carbocycles. The summed E-state index contributed by atoms with van der Waals surface area (Å²) in [5, 5.41) is 0. The molecule has 0 heterocycles. The molecule has 2 aromatic rings. The number of hydrogen-bond acceptors (Lipinski definition) is 0. The SMILES string of the molecule is Cc1c[c]c(-c2ccccc2)cc1. The van der Waals surface area contributed by atoms with Gasteiger partial charge in [0.1, 0.15) is 0 Å². The van der Waals surface area contributed by atoms with Crippen LogP contribution in [0.1, 0.15) is 5.56 Å². The standard InChI is InChI=1S/C13H11/c1-11-7-9-13(10-8-11)12-5-3-2-4-6-12/h2-9H,1H3. The van der Waals surface area contributed by atoms with Gasteiger partial charge in [0.15, 0.2) is 0 Å². The molecule has 0 spiro atoms. The number of benzene rings is 2. The molecule has 2 rings (SSSR count). The Morgan fingerprint density at radius 1 is 0.923 bits per heavy atom. The van der Waals surface area contributed by atoms with Gasteiger partial charge in [-0.3, -0.25) is 0 Å². The van der Waals surface area contributed by atoms with Gasteiger partial charge in [0.05, 0.1) is 0 Å². The lowest BCUT2D eigenvalue weighted by molar-refractivity contribution is 1.46. The van der Waals surface area contributed by atoms with Gasteiger partial charge in [-0.15, -0.1) is 0 Å². The van der Waals surface area contributed by atoms with Crippen LogP contribution in [0.2, 0.25) is 0 Å². The lowest BCUT2D eigenvalue weighted by Gasteiger charge is -2.00. The third-order valence-corrected chi connectivity index (χ3v) is 2.05. The zero-order valence-corrected chi connectivity index (χ0v) is 7.62. The van der Waals surface area contributed by atoms with Gasteiger partial charge < -0.3 is 0 Å². The van der Waals surface area contributed by atoms with E-state index in [0.29, 0.717) is 0 Å². The molecule has 0 nitrogen and oxygen atoms in total. The summed E-state index contributed by atoms with van der Waals surface area (Å²) in [7, 11) is 0. The van der Waals surface area contributed by atoms with Crippen LogP contribution in [0, 0.1) is 13.0 Å². The highest BCUT2D eigenvalue weighted by atomic mass is 14.0. The molecule has 0 N–H and O–H groups in total. The Kier molecular flexibility index (Phi) is 2.13. The van der Waals surface area contributed by atoms with Crippen LogP contribution in [-0.4, -0.2) is 0 Å².